The van der Waals surface area contributed by atoms with Gasteiger partial charge in [-0.15, -0.1) is 0 Å². The third-order valence-electron chi connectivity index (χ3n) is 7.12. The normalized spacial score (nSPS) is 14.3. The molecule has 39 heavy (non-hydrogen) atoms. The van der Waals surface area contributed by atoms with Gasteiger partial charge in [-0.05, 0) is 90.7 Å². The number of hydrogen-bond donors (Lipinski definition) is 2. The molecule has 1 aliphatic heterocycles. The monoisotopic (exact) mass is 546 g/mol. The molecule has 3 heterocycles. The molecule has 0 aliphatic carbocycles. The van der Waals surface area contributed by atoms with E-state index in [1.54, 1.807) is 36.7 Å². The van der Waals surface area contributed by atoms with Crippen molar-refractivity contribution in [2.24, 2.45) is 0 Å². The maximum atomic E-state index is 13.6. The maximum absolute atomic E-state index is 13.6. The van der Waals surface area contributed by atoms with E-state index in [9.17, 15) is 12.8 Å². The fourth-order valence-electron chi connectivity index (χ4n) is 4.98. The van der Waals surface area contributed by atoms with Crippen LogP contribution < -0.4 is 9.46 Å². The van der Waals surface area contributed by atoms with Crippen LogP contribution in [0.25, 0.3) is 28.0 Å². The standard InChI is InChI=1S/C30H31FN4O3S/c1-32-39(36,37)28-8-3-21(19-27(28)38-2)11-16-35-17-12-22(13-18-35)26-20-34-30(24-4-6-25(31)7-5-24)29(26)23-9-14-33-15-10-23/h3-10,12,14-15,19-20,32,34H,11,13,16-18H2,1-2H3. The Hall–Kier alpha value is -3.79. The lowest BCUT2D eigenvalue weighted by Gasteiger charge is -2.26. The summed E-state index contributed by atoms with van der Waals surface area (Å²) in [6.45, 7) is 2.56. The summed E-state index contributed by atoms with van der Waals surface area (Å²) in [4.78, 5) is 10.1. The predicted octanol–water partition coefficient (Wildman–Crippen LogP) is 5.13. The number of aromatic amines is 1. The molecule has 2 N–H and O–H groups in total. The highest BCUT2D eigenvalue weighted by Crippen LogP contribution is 2.39. The third-order valence-corrected chi connectivity index (χ3v) is 8.58. The average Bonchev–Trinajstić information content (AvgIpc) is 3.42. The summed E-state index contributed by atoms with van der Waals surface area (Å²) in [5, 5.41) is 0. The SMILES string of the molecule is CNS(=O)(=O)c1ccc(CCN2CC=C(c3c[nH]c(-c4ccc(F)cc4)c3-c3ccncc3)CC2)cc1OC. The molecule has 202 valence electrons. The number of sulfonamides is 1. The zero-order valence-corrected chi connectivity index (χ0v) is 22.8. The fraction of sp³-hybridized carbons (Fsp3) is 0.233. The number of nitrogens with zero attached hydrogens (tertiary/aromatic N) is 2. The smallest absolute Gasteiger partial charge is 0.243 e. The first-order chi connectivity index (χ1) is 18.9. The Kier molecular flexibility index (Phi) is 7.92. The number of aromatic nitrogens is 2. The second-order valence-corrected chi connectivity index (χ2v) is 11.3. The first kappa shape index (κ1) is 26.8. The van der Waals surface area contributed by atoms with Gasteiger partial charge in [0.15, 0.2) is 0 Å². The average molecular weight is 547 g/mol. The Bertz CT molecular complexity index is 1580. The van der Waals surface area contributed by atoms with E-state index in [0.29, 0.717) is 5.75 Å². The van der Waals surface area contributed by atoms with Gasteiger partial charge in [-0.1, -0.05) is 12.1 Å². The molecular weight excluding hydrogens is 515 g/mol. The zero-order chi connectivity index (χ0) is 27.4. The predicted molar refractivity (Wildman–Crippen MR) is 151 cm³/mol. The molecule has 0 bridgehead atoms. The van der Waals surface area contributed by atoms with Gasteiger partial charge in [0.2, 0.25) is 10.0 Å². The van der Waals surface area contributed by atoms with E-state index in [2.05, 4.69) is 25.7 Å². The van der Waals surface area contributed by atoms with Gasteiger partial charge in [0.25, 0.3) is 0 Å². The molecule has 1 aliphatic rings. The van der Waals surface area contributed by atoms with E-state index in [-0.39, 0.29) is 10.7 Å². The van der Waals surface area contributed by atoms with Crippen LogP contribution in [0.5, 0.6) is 5.75 Å². The van der Waals surface area contributed by atoms with Crippen molar-refractivity contribution in [1.29, 1.82) is 0 Å². The van der Waals surface area contributed by atoms with Crippen LogP contribution in [-0.4, -0.2) is 57.1 Å². The molecular formula is C30H31FN4O3S. The van der Waals surface area contributed by atoms with Crippen molar-refractivity contribution >= 4 is 15.6 Å². The van der Waals surface area contributed by atoms with E-state index >= 15 is 0 Å². The maximum Gasteiger partial charge on any atom is 0.243 e. The van der Waals surface area contributed by atoms with Crippen LogP contribution in [0, 0.1) is 5.82 Å². The lowest BCUT2D eigenvalue weighted by atomic mass is 9.92. The quantitative estimate of drug-likeness (QED) is 0.304. The molecule has 5 rings (SSSR count). The second-order valence-electron chi connectivity index (χ2n) is 9.42. The Morgan fingerprint density at radius 1 is 1.08 bits per heavy atom. The van der Waals surface area contributed by atoms with Crippen molar-refractivity contribution in [3.05, 3.63) is 96.2 Å². The molecule has 0 fully saturated rings. The number of rotatable bonds is 9. The molecule has 2 aromatic carbocycles. The van der Waals surface area contributed by atoms with Crippen molar-refractivity contribution < 1.29 is 17.5 Å². The van der Waals surface area contributed by atoms with Crippen LogP contribution >= 0.6 is 0 Å². The number of ether oxygens (including phenoxy) is 1. The van der Waals surface area contributed by atoms with Crippen molar-refractivity contribution in [2.75, 3.05) is 33.8 Å². The topological polar surface area (TPSA) is 87.3 Å². The largest absolute Gasteiger partial charge is 0.495 e. The van der Waals surface area contributed by atoms with E-state index in [4.69, 9.17) is 4.74 Å². The van der Waals surface area contributed by atoms with Crippen molar-refractivity contribution in [1.82, 2.24) is 19.6 Å². The molecule has 7 nitrogen and oxygen atoms in total. The van der Waals surface area contributed by atoms with Crippen molar-refractivity contribution in [3.8, 4) is 28.1 Å². The summed E-state index contributed by atoms with van der Waals surface area (Å²) in [7, 11) is -0.717. The van der Waals surface area contributed by atoms with Crippen molar-refractivity contribution in [2.45, 2.75) is 17.7 Å². The number of halogens is 1. The van der Waals surface area contributed by atoms with Crippen LogP contribution in [0.2, 0.25) is 0 Å². The van der Waals surface area contributed by atoms with Crippen LogP contribution in [0.4, 0.5) is 4.39 Å². The van der Waals surface area contributed by atoms with Crippen molar-refractivity contribution in [3.63, 3.8) is 0 Å². The summed E-state index contributed by atoms with van der Waals surface area (Å²) < 4.78 is 45.7. The van der Waals surface area contributed by atoms with Gasteiger partial charge in [0.05, 0.1) is 12.8 Å². The minimum Gasteiger partial charge on any atom is -0.495 e. The Morgan fingerprint density at radius 3 is 2.51 bits per heavy atom. The molecule has 4 aromatic rings. The minimum atomic E-state index is -3.58. The molecule has 0 amide bonds. The van der Waals surface area contributed by atoms with Gasteiger partial charge < -0.3 is 9.72 Å². The number of pyridine rings is 1. The molecule has 2 aromatic heterocycles. The molecule has 0 atom stereocenters. The Morgan fingerprint density at radius 2 is 1.85 bits per heavy atom. The van der Waals surface area contributed by atoms with E-state index in [1.165, 1.54) is 31.9 Å². The van der Waals surface area contributed by atoms with Crippen LogP contribution in [0.3, 0.4) is 0 Å². The van der Waals surface area contributed by atoms with E-state index in [1.807, 2.05) is 24.4 Å². The van der Waals surface area contributed by atoms with E-state index < -0.39 is 10.0 Å². The third kappa shape index (κ3) is 5.80. The number of nitrogens with one attached hydrogen (secondary N) is 2. The minimum absolute atomic E-state index is 0.137. The summed E-state index contributed by atoms with van der Waals surface area (Å²) >= 11 is 0. The van der Waals surface area contributed by atoms with Gasteiger partial charge in [-0.3, -0.25) is 9.88 Å². The number of methoxy groups -OCH3 is 1. The number of hydrogen-bond acceptors (Lipinski definition) is 5. The molecule has 0 saturated heterocycles. The highest BCUT2D eigenvalue weighted by molar-refractivity contribution is 7.89. The van der Waals surface area contributed by atoms with Gasteiger partial charge >= 0.3 is 0 Å². The van der Waals surface area contributed by atoms with Crippen LogP contribution in [0.15, 0.2) is 84.2 Å². The highest BCUT2D eigenvalue weighted by atomic mass is 32.2. The fourth-order valence-corrected chi connectivity index (χ4v) is 5.86. The van der Waals surface area contributed by atoms with Gasteiger partial charge in [0.1, 0.15) is 16.5 Å². The Labute approximate surface area is 228 Å². The summed E-state index contributed by atoms with van der Waals surface area (Å²) in [5.41, 5.74) is 7.46. The van der Waals surface area contributed by atoms with Gasteiger partial charge in [-0.25, -0.2) is 17.5 Å². The van der Waals surface area contributed by atoms with Crippen LogP contribution in [0.1, 0.15) is 17.5 Å². The molecule has 0 spiro atoms. The lowest BCUT2D eigenvalue weighted by Crippen LogP contribution is -2.30. The first-order valence-electron chi connectivity index (χ1n) is 12.8. The molecule has 0 unspecified atom stereocenters. The number of benzene rings is 2. The molecule has 0 saturated carbocycles. The summed E-state index contributed by atoms with van der Waals surface area (Å²) in [6, 6.07) is 15.8. The van der Waals surface area contributed by atoms with Gasteiger partial charge in [0, 0.05) is 49.4 Å². The second kappa shape index (κ2) is 11.5. The zero-order valence-electron chi connectivity index (χ0n) is 21.9. The summed E-state index contributed by atoms with van der Waals surface area (Å²) in [6.07, 6.45) is 9.56. The van der Waals surface area contributed by atoms with E-state index in [0.717, 1.165) is 66.0 Å². The number of H-pyrrole nitrogens is 1. The lowest BCUT2D eigenvalue weighted by molar-refractivity contribution is 0.305. The van der Waals surface area contributed by atoms with Gasteiger partial charge in [-0.2, -0.15) is 0 Å². The molecule has 0 radical (unpaired) electrons. The first-order valence-corrected chi connectivity index (χ1v) is 14.3. The Balaban J connectivity index is 1.33. The van der Waals surface area contributed by atoms with Crippen LogP contribution in [-0.2, 0) is 16.4 Å². The molecule has 9 heteroatoms. The summed E-state index contributed by atoms with van der Waals surface area (Å²) in [5.74, 6) is 0.0826. The highest BCUT2D eigenvalue weighted by Gasteiger charge is 2.21.